The van der Waals surface area contributed by atoms with Crippen LogP contribution in [-0.4, -0.2) is 52.5 Å². The van der Waals surface area contributed by atoms with Crippen LogP contribution < -0.4 is 0 Å². The summed E-state index contributed by atoms with van der Waals surface area (Å²) in [4.78, 5) is 21.0. The third-order valence-corrected chi connectivity index (χ3v) is 4.59. The van der Waals surface area contributed by atoms with Gasteiger partial charge in [0.15, 0.2) is 5.82 Å². The van der Waals surface area contributed by atoms with Gasteiger partial charge in [-0.2, -0.15) is 4.98 Å². The Morgan fingerprint density at radius 3 is 2.78 bits per heavy atom. The lowest BCUT2D eigenvalue weighted by Gasteiger charge is -2.37. The average Bonchev–Trinajstić information content (AvgIpc) is 2.96. The van der Waals surface area contributed by atoms with E-state index in [-0.39, 0.29) is 11.9 Å². The van der Waals surface area contributed by atoms with Gasteiger partial charge in [-0.15, -0.1) is 0 Å². The lowest BCUT2D eigenvalue weighted by molar-refractivity contribution is 0.0489. The number of aryl methyl sites for hydroxylation is 2. The van der Waals surface area contributed by atoms with Crippen molar-refractivity contribution in [3.63, 3.8) is 0 Å². The SMILES string of the molecule is Cc1noc([C@H]2CN(C(=O)c3ccc(C)c(Cl)c3)CCN2C)n1. The van der Waals surface area contributed by atoms with Gasteiger partial charge in [-0.25, -0.2) is 0 Å². The van der Waals surface area contributed by atoms with E-state index in [1.165, 1.54) is 0 Å². The molecule has 2 heterocycles. The first kappa shape index (κ1) is 16.0. The first-order chi connectivity index (χ1) is 11.0. The van der Waals surface area contributed by atoms with Crippen LogP contribution in [0.15, 0.2) is 22.7 Å². The van der Waals surface area contributed by atoms with E-state index in [1.54, 1.807) is 13.0 Å². The van der Waals surface area contributed by atoms with Gasteiger partial charge < -0.3 is 9.42 Å². The number of piperazine rings is 1. The van der Waals surface area contributed by atoms with Gasteiger partial charge in [0.05, 0.1) is 0 Å². The zero-order chi connectivity index (χ0) is 16.6. The molecule has 23 heavy (non-hydrogen) atoms. The predicted octanol–water partition coefficient (Wildman–Crippen LogP) is 2.47. The van der Waals surface area contributed by atoms with Crippen molar-refractivity contribution >= 4 is 17.5 Å². The van der Waals surface area contributed by atoms with Gasteiger partial charge in [0.25, 0.3) is 5.91 Å². The number of nitrogens with zero attached hydrogens (tertiary/aromatic N) is 4. The molecule has 0 radical (unpaired) electrons. The third-order valence-electron chi connectivity index (χ3n) is 4.18. The van der Waals surface area contributed by atoms with E-state index in [9.17, 15) is 4.79 Å². The molecule has 0 spiro atoms. The van der Waals surface area contributed by atoms with Gasteiger partial charge in [0, 0.05) is 30.2 Å². The molecule has 1 saturated heterocycles. The Kier molecular flexibility index (Phi) is 4.37. The summed E-state index contributed by atoms with van der Waals surface area (Å²) in [5.74, 6) is 1.12. The monoisotopic (exact) mass is 334 g/mol. The van der Waals surface area contributed by atoms with Gasteiger partial charge in [0.2, 0.25) is 5.89 Å². The quantitative estimate of drug-likeness (QED) is 0.844. The van der Waals surface area contributed by atoms with E-state index in [1.807, 2.05) is 31.0 Å². The summed E-state index contributed by atoms with van der Waals surface area (Å²) in [6.07, 6.45) is 0. The predicted molar refractivity (Wildman–Crippen MR) is 86.5 cm³/mol. The second-order valence-electron chi connectivity index (χ2n) is 5.89. The van der Waals surface area contributed by atoms with Crippen molar-refractivity contribution in [2.24, 2.45) is 0 Å². The molecule has 0 N–H and O–H groups in total. The minimum absolute atomic E-state index is 0.0266. The minimum atomic E-state index is -0.0881. The first-order valence-electron chi connectivity index (χ1n) is 7.51. The van der Waals surface area contributed by atoms with E-state index in [4.69, 9.17) is 16.1 Å². The van der Waals surface area contributed by atoms with E-state index in [0.717, 1.165) is 12.1 Å². The number of carbonyl (C=O) groups excluding carboxylic acids is 1. The number of amides is 1. The van der Waals surface area contributed by atoms with Crippen molar-refractivity contribution in [3.05, 3.63) is 46.1 Å². The largest absolute Gasteiger partial charge is 0.338 e. The van der Waals surface area contributed by atoms with Gasteiger partial charge in [-0.1, -0.05) is 22.8 Å². The number of hydrogen-bond donors (Lipinski definition) is 0. The molecule has 2 aromatic rings. The van der Waals surface area contributed by atoms with E-state index in [2.05, 4.69) is 15.0 Å². The molecule has 0 saturated carbocycles. The van der Waals surface area contributed by atoms with Crippen molar-refractivity contribution in [1.29, 1.82) is 0 Å². The lowest BCUT2D eigenvalue weighted by atomic mass is 10.1. The first-order valence-corrected chi connectivity index (χ1v) is 7.89. The molecule has 6 nitrogen and oxygen atoms in total. The van der Waals surface area contributed by atoms with Crippen LogP contribution in [-0.2, 0) is 0 Å². The lowest BCUT2D eigenvalue weighted by Crippen LogP contribution is -2.49. The molecule has 1 aliphatic heterocycles. The molecule has 1 aromatic heterocycles. The van der Waals surface area contributed by atoms with Gasteiger partial charge in [-0.3, -0.25) is 9.69 Å². The summed E-state index contributed by atoms with van der Waals surface area (Å²) >= 11 is 6.14. The van der Waals surface area contributed by atoms with Crippen LogP contribution in [0.3, 0.4) is 0 Å². The molecule has 1 amide bonds. The summed E-state index contributed by atoms with van der Waals surface area (Å²) in [6.45, 7) is 5.62. The highest BCUT2D eigenvalue weighted by atomic mass is 35.5. The number of rotatable bonds is 2. The van der Waals surface area contributed by atoms with Crippen molar-refractivity contribution in [2.45, 2.75) is 19.9 Å². The normalized spacial score (nSPS) is 19.1. The average molecular weight is 335 g/mol. The molecule has 0 bridgehead atoms. The van der Waals surface area contributed by atoms with Crippen LogP contribution in [0.25, 0.3) is 0 Å². The summed E-state index contributed by atoms with van der Waals surface area (Å²) < 4.78 is 5.28. The number of benzene rings is 1. The molecule has 7 heteroatoms. The second kappa shape index (κ2) is 6.29. The van der Waals surface area contributed by atoms with E-state index >= 15 is 0 Å². The van der Waals surface area contributed by atoms with E-state index < -0.39 is 0 Å². The van der Waals surface area contributed by atoms with Crippen LogP contribution in [0.2, 0.25) is 5.02 Å². The second-order valence-corrected chi connectivity index (χ2v) is 6.30. The number of aromatic nitrogens is 2. The molecule has 1 aliphatic rings. The summed E-state index contributed by atoms with van der Waals surface area (Å²) in [5, 5.41) is 4.45. The molecule has 1 aromatic carbocycles. The van der Waals surface area contributed by atoms with Crippen molar-refractivity contribution in [1.82, 2.24) is 19.9 Å². The van der Waals surface area contributed by atoms with Gasteiger partial charge in [-0.05, 0) is 38.6 Å². The van der Waals surface area contributed by atoms with Crippen LogP contribution >= 0.6 is 11.6 Å². The van der Waals surface area contributed by atoms with Crippen LogP contribution in [0.1, 0.15) is 33.7 Å². The van der Waals surface area contributed by atoms with E-state index in [0.29, 0.717) is 35.4 Å². The van der Waals surface area contributed by atoms with Crippen molar-refractivity contribution in [3.8, 4) is 0 Å². The van der Waals surface area contributed by atoms with Gasteiger partial charge in [0.1, 0.15) is 6.04 Å². The topological polar surface area (TPSA) is 62.5 Å². The number of halogens is 1. The van der Waals surface area contributed by atoms with Crippen LogP contribution in [0.5, 0.6) is 0 Å². The number of hydrogen-bond acceptors (Lipinski definition) is 5. The molecule has 0 unspecified atom stereocenters. The Bertz CT molecular complexity index is 731. The Balaban J connectivity index is 1.80. The fraction of sp³-hybridized carbons (Fsp3) is 0.438. The highest BCUT2D eigenvalue weighted by Gasteiger charge is 2.32. The van der Waals surface area contributed by atoms with Crippen LogP contribution in [0, 0.1) is 13.8 Å². The molecule has 1 fully saturated rings. The number of carbonyl (C=O) groups is 1. The molecule has 0 aliphatic carbocycles. The molecule has 122 valence electrons. The molecule has 1 atom stereocenters. The van der Waals surface area contributed by atoms with Crippen molar-refractivity contribution in [2.75, 3.05) is 26.7 Å². The Morgan fingerprint density at radius 2 is 2.13 bits per heavy atom. The maximum absolute atomic E-state index is 12.7. The summed E-state index contributed by atoms with van der Waals surface area (Å²) in [6, 6.07) is 5.32. The Hall–Kier alpha value is -1.92. The smallest absolute Gasteiger partial charge is 0.254 e. The Morgan fingerprint density at radius 1 is 1.35 bits per heavy atom. The summed E-state index contributed by atoms with van der Waals surface area (Å²) in [5.41, 5.74) is 1.56. The highest BCUT2D eigenvalue weighted by Crippen LogP contribution is 2.25. The fourth-order valence-electron chi connectivity index (χ4n) is 2.68. The Labute approximate surface area is 140 Å². The molecular weight excluding hydrogens is 316 g/mol. The standard InChI is InChI=1S/C16H19ClN4O2/c1-10-4-5-12(8-13(10)17)16(22)21-7-6-20(3)14(9-21)15-18-11(2)19-23-15/h4-5,8,14H,6-7,9H2,1-3H3/t14-/m1/s1. The molecule has 3 rings (SSSR count). The maximum atomic E-state index is 12.7. The van der Waals surface area contributed by atoms with Gasteiger partial charge >= 0.3 is 0 Å². The molecular formula is C16H19ClN4O2. The van der Waals surface area contributed by atoms with Crippen molar-refractivity contribution < 1.29 is 9.32 Å². The maximum Gasteiger partial charge on any atom is 0.254 e. The zero-order valence-electron chi connectivity index (χ0n) is 13.4. The summed E-state index contributed by atoms with van der Waals surface area (Å²) in [7, 11) is 1.99. The number of likely N-dealkylation sites (N-methyl/N-ethyl adjacent to an activating group) is 1. The fourth-order valence-corrected chi connectivity index (χ4v) is 2.86. The third kappa shape index (κ3) is 3.23. The van der Waals surface area contributed by atoms with Crippen LogP contribution in [0.4, 0.5) is 0 Å². The zero-order valence-corrected chi connectivity index (χ0v) is 14.2. The highest BCUT2D eigenvalue weighted by molar-refractivity contribution is 6.31. The minimum Gasteiger partial charge on any atom is -0.338 e.